The van der Waals surface area contributed by atoms with Crippen LogP contribution in [0.1, 0.15) is 85.6 Å². The summed E-state index contributed by atoms with van der Waals surface area (Å²) in [5.41, 5.74) is 0.243. The van der Waals surface area contributed by atoms with Crippen LogP contribution < -0.4 is 15.7 Å². The van der Waals surface area contributed by atoms with E-state index in [0.29, 0.717) is 26.1 Å². The van der Waals surface area contributed by atoms with Crippen molar-refractivity contribution in [1.29, 1.82) is 0 Å². The average Bonchev–Trinajstić information content (AvgIpc) is 3.17. The van der Waals surface area contributed by atoms with Gasteiger partial charge in [-0.3, -0.25) is 4.79 Å². The number of carbonyl (C=O) groups excluding carboxylic acids is 2. The normalized spacial score (nSPS) is 13.2. The van der Waals surface area contributed by atoms with Crippen molar-refractivity contribution >= 4 is 40.4 Å². The maximum Gasteiger partial charge on any atom is 0.407 e. The van der Waals surface area contributed by atoms with Gasteiger partial charge in [-0.2, -0.15) is 0 Å². The van der Waals surface area contributed by atoms with E-state index in [1.54, 1.807) is 39.0 Å². The molecule has 0 aliphatic rings. The van der Waals surface area contributed by atoms with Crippen molar-refractivity contribution in [3.05, 3.63) is 127 Å². The molecule has 1 amide bonds. The van der Waals surface area contributed by atoms with Gasteiger partial charge in [-0.25, -0.2) is 13.2 Å². The molecule has 0 aliphatic carbocycles. The van der Waals surface area contributed by atoms with E-state index in [2.05, 4.69) is 86.5 Å². The van der Waals surface area contributed by atoms with Crippen LogP contribution in [0.2, 0.25) is 5.04 Å². The summed E-state index contributed by atoms with van der Waals surface area (Å²) in [5.74, 6) is 5.91. The molecule has 0 aliphatic heterocycles. The van der Waals surface area contributed by atoms with Crippen LogP contribution in [0.15, 0.2) is 126 Å². The van der Waals surface area contributed by atoms with Gasteiger partial charge in [0.15, 0.2) is 15.6 Å². The second kappa shape index (κ2) is 21.3. The van der Waals surface area contributed by atoms with E-state index >= 15 is 0 Å². The number of Topliss-reactive ketones (excluding diaryl/α,β-unsaturated/α-hetero) is 1. The monoisotopic (exact) mass is 809 g/mol. The van der Waals surface area contributed by atoms with Crippen molar-refractivity contribution in [2.24, 2.45) is 0 Å². The number of alkyl carbamates (subject to hydrolysis) is 1. The summed E-state index contributed by atoms with van der Waals surface area (Å²) in [7, 11) is -6.66. The molecule has 0 fully saturated rings. The zero-order valence-corrected chi connectivity index (χ0v) is 36.1. The highest BCUT2D eigenvalue weighted by atomic mass is 32.2. The van der Waals surface area contributed by atoms with Crippen LogP contribution >= 0.6 is 0 Å². The van der Waals surface area contributed by atoms with Gasteiger partial charge in [0.2, 0.25) is 0 Å². The van der Waals surface area contributed by atoms with Crippen LogP contribution in [0.3, 0.4) is 0 Å². The van der Waals surface area contributed by atoms with Crippen molar-refractivity contribution in [3.63, 3.8) is 0 Å². The topological polar surface area (TPSA) is 108 Å². The van der Waals surface area contributed by atoms with Crippen molar-refractivity contribution < 1.29 is 31.9 Å². The molecule has 0 heterocycles. The third-order valence-corrected chi connectivity index (χ3v) is 16.8. The number of carbonyl (C=O) groups is 2. The Hall–Kier alpha value is -4.53. The number of sulfone groups is 1. The molecule has 0 bridgehead atoms. The fraction of sp³-hybridized carbons (Fsp3) is 0.404. The zero-order chi connectivity index (χ0) is 41.4. The molecule has 2 atom stereocenters. The van der Waals surface area contributed by atoms with Crippen molar-refractivity contribution in [3.8, 4) is 11.8 Å². The van der Waals surface area contributed by atoms with E-state index in [-0.39, 0.29) is 42.2 Å². The Morgan fingerprint density at radius 1 is 0.719 bits per heavy atom. The van der Waals surface area contributed by atoms with Gasteiger partial charge < -0.3 is 19.2 Å². The standard InChI is InChI=1S/C47H59NO7SSi/c1-46(2,3)55-45(50)48-39(37-53-36-38-24-14-10-15-25-38)33-34-43(49)44(56(51,52)40-26-16-11-17-27-40)32-22-8-7-9-23-35-54-57(47(4,5)6,41-28-18-12-19-29-41)42-30-20-13-21-31-42/h10-21,24-31,39,44H,9,22-23,32-37H2,1-6H3,(H,48,50)/t39-,44?/m0/s1. The quantitative estimate of drug-likeness (QED) is 0.0576. The predicted molar refractivity (Wildman–Crippen MR) is 231 cm³/mol. The summed E-state index contributed by atoms with van der Waals surface area (Å²) < 4.78 is 46.2. The maximum absolute atomic E-state index is 13.9. The van der Waals surface area contributed by atoms with Crippen LogP contribution in [-0.4, -0.2) is 58.7 Å². The molecule has 1 N–H and O–H groups in total. The highest BCUT2D eigenvalue weighted by molar-refractivity contribution is 7.92. The van der Waals surface area contributed by atoms with E-state index in [1.165, 1.54) is 22.5 Å². The van der Waals surface area contributed by atoms with Gasteiger partial charge in [0, 0.05) is 25.9 Å². The minimum atomic E-state index is -4.01. The van der Waals surface area contributed by atoms with E-state index < -0.39 is 46.9 Å². The van der Waals surface area contributed by atoms with Gasteiger partial charge in [-0.1, -0.05) is 130 Å². The SMILES string of the molecule is CC(C)(C)OC(=O)N[C@@H](CCC(=O)C(CCC#CCCCO[Si](c1ccccc1)(c1ccccc1)C(C)(C)C)S(=O)(=O)c1ccccc1)COCc1ccccc1. The molecular weight excluding hydrogens is 751 g/mol. The number of hydrogen-bond donors (Lipinski definition) is 1. The lowest BCUT2D eigenvalue weighted by Gasteiger charge is -2.43. The fourth-order valence-electron chi connectivity index (χ4n) is 6.83. The van der Waals surface area contributed by atoms with E-state index in [9.17, 15) is 18.0 Å². The Balaban J connectivity index is 1.42. The number of nitrogens with one attached hydrogen (secondary N) is 1. The van der Waals surface area contributed by atoms with Gasteiger partial charge in [-0.05, 0) is 73.1 Å². The molecule has 0 spiro atoms. The molecule has 304 valence electrons. The number of hydrogen-bond acceptors (Lipinski definition) is 7. The molecule has 4 rings (SSSR count). The number of ether oxygens (including phenoxy) is 2. The van der Waals surface area contributed by atoms with Crippen LogP contribution in [0.5, 0.6) is 0 Å². The molecule has 0 aromatic heterocycles. The summed E-state index contributed by atoms with van der Waals surface area (Å²) >= 11 is 0. The lowest BCUT2D eigenvalue weighted by Crippen LogP contribution is -2.66. The minimum Gasteiger partial charge on any atom is -0.444 e. The first-order chi connectivity index (χ1) is 27.1. The largest absolute Gasteiger partial charge is 0.444 e. The lowest BCUT2D eigenvalue weighted by atomic mass is 10.0. The van der Waals surface area contributed by atoms with E-state index in [4.69, 9.17) is 13.9 Å². The number of ketones is 1. The summed E-state index contributed by atoms with van der Waals surface area (Å²) in [4.78, 5) is 26.7. The highest BCUT2D eigenvalue weighted by Gasteiger charge is 2.50. The Labute approximate surface area is 341 Å². The van der Waals surface area contributed by atoms with Crippen LogP contribution in [0.25, 0.3) is 0 Å². The first kappa shape index (κ1) is 45.2. The molecule has 8 nitrogen and oxygen atoms in total. The minimum absolute atomic E-state index is 0.0519. The number of rotatable bonds is 19. The third-order valence-electron chi connectivity index (χ3n) is 9.53. The predicted octanol–water partition coefficient (Wildman–Crippen LogP) is 8.43. The van der Waals surface area contributed by atoms with Crippen molar-refractivity contribution in [2.75, 3.05) is 13.2 Å². The van der Waals surface area contributed by atoms with Gasteiger partial charge in [0.1, 0.15) is 10.9 Å². The number of amides is 1. The smallest absolute Gasteiger partial charge is 0.407 e. The molecule has 57 heavy (non-hydrogen) atoms. The molecule has 0 radical (unpaired) electrons. The van der Waals surface area contributed by atoms with Crippen LogP contribution in [0, 0.1) is 11.8 Å². The van der Waals surface area contributed by atoms with Gasteiger partial charge >= 0.3 is 6.09 Å². The molecular formula is C47H59NO7SSi. The summed E-state index contributed by atoms with van der Waals surface area (Å²) in [6, 6.07) is 38.1. The molecule has 0 saturated heterocycles. The first-order valence-electron chi connectivity index (χ1n) is 19.8. The van der Waals surface area contributed by atoms with E-state index in [1.807, 2.05) is 42.5 Å². The molecule has 1 unspecified atom stereocenters. The third kappa shape index (κ3) is 13.5. The Morgan fingerprint density at radius 2 is 1.25 bits per heavy atom. The highest BCUT2D eigenvalue weighted by Crippen LogP contribution is 2.37. The summed E-state index contributed by atoms with van der Waals surface area (Å²) in [6.45, 7) is 13.0. The Bertz CT molecular complexity index is 1960. The van der Waals surface area contributed by atoms with Crippen molar-refractivity contribution in [2.45, 2.75) is 114 Å². The summed E-state index contributed by atoms with van der Waals surface area (Å²) in [5, 5.41) is 3.84. The molecule has 0 saturated carbocycles. The lowest BCUT2D eigenvalue weighted by molar-refractivity contribution is -0.119. The molecule has 4 aromatic rings. The van der Waals surface area contributed by atoms with Crippen LogP contribution in [-0.2, 0) is 35.1 Å². The van der Waals surface area contributed by atoms with Gasteiger partial charge in [0.25, 0.3) is 8.32 Å². The van der Waals surface area contributed by atoms with Gasteiger partial charge in [-0.15, -0.1) is 11.8 Å². The second-order valence-corrected chi connectivity index (χ2v) is 22.6. The first-order valence-corrected chi connectivity index (χ1v) is 23.2. The van der Waals surface area contributed by atoms with Gasteiger partial charge in [0.05, 0.1) is 24.2 Å². The van der Waals surface area contributed by atoms with E-state index in [0.717, 1.165) is 5.56 Å². The maximum atomic E-state index is 13.9. The van der Waals surface area contributed by atoms with Crippen molar-refractivity contribution in [1.82, 2.24) is 5.32 Å². The average molecular weight is 810 g/mol. The number of unbranched alkanes of at least 4 members (excludes halogenated alkanes) is 1. The molecule has 4 aromatic carbocycles. The Morgan fingerprint density at radius 3 is 1.79 bits per heavy atom. The number of benzene rings is 4. The second-order valence-electron chi connectivity index (χ2n) is 16.2. The fourth-order valence-corrected chi connectivity index (χ4v) is 13.2. The summed E-state index contributed by atoms with van der Waals surface area (Å²) in [6.07, 6.45) is 1.02. The van der Waals surface area contributed by atoms with Crippen LogP contribution in [0.4, 0.5) is 4.79 Å². The Kier molecular flexibility index (Phi) is 16.9. The molecule has 10 heteroatoms. The zero-order valence-electron chi connectivity index (χ0n) is 34.3.